The third-order valence-corrected chi connectivity index (χ3v) is 3.64. The van der Waals surface area contributed by atoms with E-state index in [1.807, 2.05) is 17.5 Å². The molecule has 6 nitrogen and oxygen atoms in total. The van der Waals surface area contributed by atoms with Gasteiger partial charge in [-0.25, -0.2) is 5.43 Å². The Morgan fingerprint density at radius 3 is 2.62 bits per heavy atom. The number of hydrogen-bond acceptors (Lipinski definition) is 5. The quantitative estimate of drug-likeness (QED) is 0.523. The minimum atomic E-state index is -0.459. The highest BCUT2D eigenvalue weighted by molar-refractivity contribution is 7.10. The van der Waals surface area contributed by atoms with Crippen LogP contribution >= 0.6 is 11.3 Å². The molecule has 1 aromatic carbocycles. The average molecular weight is 303 g/mol. The number of non-ortho nitro benzene ring substituents is 1. The van der Waals surface area contributed by atoms with Crippen LogP contribution in [0.3, 0.4) is 0 Å². The molecule has 0 aliphatic rings. The lowest BCUT2D eigenvalue weighted by Crippen LogP contribution is -2.20. The van der Waals surface area contributed by atoms with Crippen molar-refractivity contribution in [2.75, 3.05) is 0 Å². The van der Waals surface area contributed by atoms with Crippen molar-refractivity contribution in [2.24, 2.45) is 5.10 Å². The van der Waals surface area contributed by atoms with Crippen molar-refractivity contribution in [3.05, 3.63) is 62.3 Å². The SMILES string of the molecule is CC(=NNC(=O)Cc1cccs1)c1ccc([N+](=O)[O-])cc1. The fourth-order valence-electron chi connectivity index (χ4n) is 1.65. The van der Waals surface area contributed by atoms with E-state index in [4.69, 9.17) is 0 Å². The summed E-state index contributed by atoms with van der Waals surface area (Å²) in [4.78, 5) is 22.8. The first-order chi connectivity index (χ1) is 10.1. The van der Waals surface area contributed by atoms with Crippen molar-refractivity contribution >= 4 is 28.6 Å². The van der Waals surface area contributed by atoms with Gasteiger partial charge in [0, 0.05) is 17.0 Å². The van der Waals surface area contributed by atoms with Crippen molar-refractivity contribution in [3.8, 4) is 0 Å². The lowest BCUT2D eigenvalue weighted by atomic mass is 10.1. The molecule has 0 atom stereocenters. The van der Waals surface area contributed by atoms with Gasteiger partial charge in [0.15, 0.2) is 0 Å². The number of nitro groups is 1. The zero-order valence-electron chi connectivity index (χ0n) is 11.3. The number of hydrazone groups is 1. The van der Waals surface area contributed by atoms with E-state index in [9.17, 15) is 14.9 Å². The number of carbonyl (C=O) groups is 1. The number of benzene rings is 1. The summed E-state index contributed by atoms with van der Waals surface area (Å²) in [6.07, 6.45) is 0.286. The molecular formula is C14H13N3O3S. The molecule has 0 aliphatic carbocycles. The summed E-state index contributed by atoms with van der Waals surface area (Å²) < 4.78 is 0. The number of rotatable bonds is 5. The van der Waals surface area contributed by atoms with Crippen LogP contribution in [0.2, 0.25) is 0 Å². The Morgan fingerprint density at radius 1 is 1.33 bits per heavy atom. The van der Waals surface area contributed by atoms with E-state index in [2.05, 4.69) is 10.5 Å². The Hall–Kier alpha value is -2.54. The van der Waals surface area contributed by atoms with Gasteiger partial charge in [0.1, 0.15) is 0 Å². The molecule has 21 heavy (non-hydrogen) atoms. The van der Waals surface area contributed by atoms with E-state index in [0.29, 0.717) is 5.71 Å². The first kappa shape index (κ1) is 14.9. The van der Waals surface area contributed by atoms with Crippen molar-refractivity contribution < 1.29 is 9.72 Å². The van der Waals surface area contributed by atoms with Crippen molar-refractivity contribution in [2.45, 2.75) is 13.3 Å². The summed E-state index contributed by atoms with van der Waals surface area (Å²) in [5.41, 5.74) is 3.81. The van der Waals surface area contributed by atoms with Crippen molar-refractivity contribution in [3.63, 3.8) is 0 Å². The maximum absolute atomic E-state index is 11.7. The van der Waals surface area contributed by atoms with Gasteiger partial charge in [-0.2, -0.15) is 5.10 Å². The predicted molar refractivity (Wildman–Crippen MR) is 81.5 cm³/mol. The highest BCUT2D eigenvalue weighted by Crippen LogP contribution is 2.12. The molecule has 2 aromatic rings. The smallest absolute Gasteiger partial charge is 0.269 e. The maximum Gasteiger partial charge on any atom is 0.269 e. The van der Waals surface area contributed by atoms with Gasteiger partial charge in [-0.15, -0.1) is 11.3 Å². The molecule has 0 saturated carbocycles. The maximum atomic E-state index is 11.7. The van der Waals surface area contributed by atoms with Crippen LogP contribution in [0.5, 0.6) is 0 Å². The van der Waals surface area contributed by atoms with Gasteiger partial charge in [0.2, 0.25) is 5.91 Å². The van der Waals surface area contributed by atoms with Crippen LogP contribution in [0.1, 0.15) is 17.4 Å². The molecule has 0 unspecified atom stereocenters. The standard InChI is InChI=1S/C14H13N3O3S/c1-10(11-4-6-12(7-5-11)17(19)20)15-16-14(18)9-13-3-2-8-21-13/h2-8H,9H2,1H3,(H,16,18). The summed E-state index contributed by atoms with van der Waals surface area (Å²) in [7, 11) is 0. The third kappa shape index (κ3) is 4.22. The molecule has 108 valence electrons. The van der Waals surface area contributed by atoms with Gasteiger partial charge in [-0.1, -0.05) is 6.07 Å². The number of amides is 1. The second kappa shape index (κ2) is 6.76. The molecule has 1 heterocycles. The molecule has 0 radical (unpaired) electrons. The van der Waals surface area contributed by atoms with Crippen molar-refractivity contribution in [1.29, 1.82) is 0 Å². The second-order valence-electron chi connectivity index (χ2n) is 4.29. The fraction of sp³-hybridized carbons (Fsp3) is 0.143. The molecule has 1 aromatic heterocycles. The Morgan fingerprint density at radius 2 is 2.05 bits per heavy atom. The lowest BCUT2D eigenvalue weighted by Gasteiger charge is -2.02. The Balaban J connectivity index is 1.97. The molecule has 0 fully saturated rings. The van der Waals surface area contributed by atoms with E-state index >= 15 is 0 Å². The van der Waals surface area contributed by atoms with Crippen molar-refractivity contribution in [1.82, 2.24) is 5.43 Å². The van der Waals surface area contributed by atoms with E-state index < -0.39 is 4.92 Å². The molecule has 0 bridgehead atoms. The van der Waals surface area contributed by atoms with Gasteiger partial charge in [0.05, 0.1) is 17.1 Å². The van der Waals surface area contributed by atoms with Gasteiger partial charge in [-0.3, -0.25) is 14.9 Å². The highest BCUT2D eigenvalue weighted by Gasteiger charge is 2.06. The number of nitrogens with zero attached hydrogens (tertiary/aromatic N) is 2. The Labute approximate surface area is 125 Å². The zero-order chi connectivity index (χ0) is 15.2. The lowest BCUT2D eigenvalue weighted by molar-refractivity contribution is -0.384. The van der Waals surface area contributed by atoms with Crippen LogP contribution in [-0.2, 0) is 11.2 Å². The highest BCUT2D eigenvalue weighted by atomic mass is 32.1. The average Bonchev–Trinajstić information content (AvgIpc) is 2.97. The zero-order valence-corrected chi connectivity index (χ0v) is 12.1. The molecule has 1 amide bonds. The first-order valence-corrected chi connectivity index (χ1v) is 7.04. The van der Waals surface area contributed by atoms with Crippen LogP contribution in [-0.4, -0.2) is 16.5 Å². The van der Waals surface area contributed by atoms with E-state index in [-0.39, 0.29) is 18.0 Å². The molecule has 0 aliphatic heterocycles. The molecule has 0 spiro atoms. The summed E-state index contributed by atoms with van der Waals surface area (Å²) in [6, 6.07) is 9.78. The summed E-state index contributed by atoms with van der Waals surface area (Å²) in [6.45, 7) is 1.73. The van der Waals surface area contributed by atoms with Crippen LogP contribution < -0.4 is 5.43 Å². The molecule has 7 heteroatoms. The topological polar surface area (TPSA) is 84.6 Å². The third-order valence-electron chi connectivity index (χ3n) is 2.76. The van der Waals surface area contributed by atoms with Gasteiger partial charge < -0.3 is 0 Å². The van der Waals surface area contributed by atoms with E-state index in [1.54, 1.807) is 19.1 Å². The Bertz CT molecular complexity index is 663. The van der Waals surface area contributed by atoms with Crippen LogP contribution in [0.4, 0.5) is 5.69 Å². The summed E-state index contributed by atoms with van der Waals surface area (Å²) >= 11 is 1.51. The number of nitro benzene ring substituents is 1. The molecule has 0 saturated heterocycles. The fourth-order valence-corrected chi connectivity index (χ4v) is 2.35. The summed E-state index contributed by atoms with van der Waals surface area (Å²) in [5, 5.41) is 16.5. The van der Waals surface area contributed by atoms with Crippen LogP contribution in [0.25, 0.3) is 0 Å². The number of nitrogens with one attached hydrogen (secondary N) is 1. The monoisotopic (exact) mass is 303 g/mol. The number of thiophene rings is 1. The van der Waals surface area contributed by atoms with E-state index in [1.165, 1.54) is 23.5 Å². The number of hydrogen-bond donors (Lipinski definition) is 1. The number of carbonyl (C=O) groups excluding carboxylic acids is 1. The largest absolute Gasteiger partial charge is 0.273 e. The van der Waals surface area contributed by atoms with Crippen LogP contribution in [0, 0.1) is 10.1 Å². The molecule has 1 N–H and O–H groups in total. The second-order valence-corrected chi connectivity index (χ2v) is 5.32. The van der Waals surface area contributed by atoms with Gasteiger partial charge in [-0.05, 0) is 36.1 Å². The first-order valence-electron chi connectivity index (χ1n) is 6.16. The normalized spacial score (nSPS) is 11.2. The Kier molecular flexibility index (Phi) is 4.78. The summed E-state index contributed by atoms with van der Waals surface area (Å²) in [5.74, 6) is -0.196. The van der Waals surface area contributed by atoms with Gasteiger partial charge in [0.25, 0.3) is 5.69 Å². The molecular weight excluding hydrogens is 290 g/mol. The minimum absolute atomic E-state index is 0.0216. The predicted octanol–water partition coefficient (Wildman–Crippen LogP) is 2.74. The molecule has 2 rings (SSSR count). The van der Waals surface area contributed by atoms with Gasteiger partial charge >= 0.3 is 0 Å². The minimum Gasteiger partial charge on any atom is -0.273 e. The van der Waals surface area contributed by atoms with Crippen LogP contribution in [0.15, 0.2) is 46.9 Å². The van der Waals surface area contributed by atoms with E-state index in [0.717, 1.165) is 10.4 Å².